The van der Waals surface area contributed by atoms with E-state index in [1.54, 1.807) is 11.7 Å². The van der Waals surface area contributed by atoms with E-state index in [2.05, 4.69) is 0 Å². The highest BCUT2D eigenvalue weighted by Crippen LogP contribution is 2.36. The number of aryl methyl sites for hydroxylation is 1. The molecule has 0 amide bonds. The van der Waals surface area contributed by atoms with Crippen LogP contribution in [0.15, 0.2) is 23.1 Å². The fourth-order valence-electron chi connectivity index (χ4n) is 2.29. The average Bonchev–Trinajstić information content (AvgIpc) is 2.25. The highest BCUT2D eigenvalue weighted by atomic mass is 16.5. The molecule has 0 N–H and O–H groups in total. The number of hydrogen-bond acceptors (Lipinski definition) is 2. The van der Waals surface area contributed by atoms with Crippen molar-refractivity contribution in [3.8, 4) is 0 Å². The maximum absolute atomic E-state index is 12.0. The monoisotopic (exact) mass is 221 g/mol. The zero-order valence-electron chi connectivity index (χ0n) is 10.0. The molecule has 1 aromatic rings. The van der Waals surface area contributed by atoms with E-state index in [9.17, 15) is 4.79 Å². The third-order valence-corrected chi connectivity index (χ3v) is 3.64. The van der Waals surface area contributed by atoms with Crippen LogP contribution >= 0.6 is 0 Å². The van der Waals surface area contributed by atoms with Crippen molar-refractivity contribution in [1.29, 1.82) is 0 Å². The summed E-state index contributed by atoms with van der Waals surface area (Å²) in [4.78, 5) is 12.0. The summed E-state index contributed by atoms with van der Waals surface area (Å²) in [6, 6.07) is 3.85. The van der Waals surface area contributed by atoms with Crippen LogP contribution in [0.25, 0.3) is 0 Å². The summed E-state index contributed by atoms with van der Waals surface area (Å²) in [6.07, 6.45) is 5.98. The first-order chi connectivity index (χ1) is 7.71. The Morgan fingerprint density at radius 1 is 1.50 bits per heavy atom. The molecule has 1 fully saturated rings. The van der Waals surface area contributed by atoms with E-state index in [0.717, 1.165) is 24.8 Å². The molecule has 3 nitrogen and oxygen atoms in total. The summed E-state index contributed by atoms with van der Waals surface area (Å²) in [6.45, 7) is 2.70. The molecule has 1 aromatic heterocycles. The lowest BCUT2D eigenvalue weighted by atomic mass is 9.80. The Morgan fingerprint density at radius 3 is 2.75 bits per heavy atom. The van der Waals surface area contributed by atoms with E-state index in [1.165, 1.54) is 6.42 Å². The van der Waals surface area contributed by atoms with Crippen LogP contribution in [0.4, 0.5) is 0 Å². The first-order valence-electron chi connectivity index (χ1n) is 5.94. The van der Waals surface area contributed by atoms with Gasteiger partial charge in [-0.2, -0.15) is 0 Å². The quantitative estimate of drug-likeness (QED) is 0.778. The summed E-state index contributed by atoms with van der Waals surface area (Å²) in [7, 11) is 1.74. The van der Waals surface area contributed by atoms with Crippen molar-refractivity contribution in [3.05, 3.63) is 34.2 Å². The molecule has 1 aliphatic carbocycles. The smallest absolute Gasteiger partial charge is 0.253 e. The van der Waals surface area contributed by atoms with Gasteiger partial charge in [-0.15, -0.1) is 0 Å². The zero-order chi connectivity index (χ0) is 11.6. The van der Waals surface area contributed by atoms with Crippen molar-refractivity contribution >= 4 is 0 Å². The number of methoxy groups -OCH3 is 1. The molecule has 1 aliphatic rings. The van der Waals surface area contributed by atoms with Crippen LogP contribution in [-0.2, 0) is 17.7 Å². The van der Waals surface area contributed by atoms with Gasteiger partial charge in [-0.1, -0.05) is 13.0 Å². The van der Waals surface area contributed by atoms with Crippen LogP contribution in [0.3, 0.4) is 0 Å². The van der Waals surface area contributed by atoms with Crippen LogP contribution in [0.1, 0.15) is 31.7 Å². The second-order valence-electron chi connectivity index (χ2n) is 4.56. The standard InChI is InChI=1S/C13H19NO2/c1-3-11-6-4-9-14(12(11)15)10-13(16-2)7-5-8-13/h4,6,9H,3,5,7-8,10H2,1-2H3. The SMILES string of the molecule is CCc1cccn(CC2(OC)CCC2)c1=O. The van der Waals surface area contributed by atoms with Crippen LogP contribution in [0, 0.1) is 0 Å². The van der Waals surface area contributed by atoms with Gasteiger partial charge in [0.2, 0.25) is 0 Å². The van der Waals surface area contributed by atoms with Gasteiger partial charge < -0.3 is 9.30 Å². The maximum Gasteiger partial charge on any atom is 0.253 e. The van der Waals surface area contributed by atoms with Crippen LogP contribution < -0.4 is 5.56 Å². The lowest BCUT2D eigenvalue weighted by Gasteiger charge is -2.40. The average molecular weight is 221 g/mol. The third-order valence-electron chi connectivity index (χ3n) is 3.64. The van der Waals surface area contributed by atoms with Crippen molar-refractivity contribution in [2.24, 2.45) is 0 Å². The predicted molar refractivity (Wildman–Crippen MR) is 63.7 cm³/mol. The van der Waals surface area contributed by atoms with E-state index in [1.807, 2.05) is 25.3 Å². The Bertz CT molecular complexity index is 413. The molecule has 0 radical (unpaired) electrons. The molecule has 88 valence electrons. The molecule has 0 aliphatic heterocycles. The van der Waals surface area contributed by atoms with E-state index >= 15 is 0 Å². The first-order valence-corrected chi connectivity index (χ1v) is 5.94. The Labute approximate surface area is 96.0 Å². The Kier molecular flexibility index (Phi) is 3.15. The third kappa shape index (κ3) is 1.92. The molecule has 0 atom stereocenters. The highest BCUT2D eigenvalue weighted by Gasteiger charge is 2.37. The largest absolute Gasteiger partial charge is 0.376 e. The van der Waals surface area contributed by atoms with E-state index < -0.39 is 0 Å². The maximum atomic E-state index is 12.0. The van der Waals surface area contributed by atoms with Gasteiger partial charge in [0.1, 0.15) is 0 Å². The zero-order valence-corrected chi connectivity index (χ0v) is 10.0. The van der Waals surface area contributed by atoms with Crippen molar-refractivity contribution < 1.29 is 4.74 Å². The van der Waals surface area contributed by atoms with Crippen LogP contribution in [-0.4, -0.2) is 17.3 Å². The lowest BCUT2D eigenvalue weighted by molar-refractivity contribution is -0.0841. The molecule has 3 heteroatoms. The number of nitrogens with zero attached hydrogens (tertiary/aromatic N) is 1. The second-order valence-corrected chi connectivity index (χ2v) is 4.56. The molecule has 0 aromatic carbocycles. The summed E-state index contributed by atoms with van der Waals surface area (Å²) in [5, 5.41) is 0. The molecule has 0 saturated heterocycles. The molecule has 1 saturated carbocycles. The van der Waals surface area contributed by atoms with Crippen molar-refractivity contribution in [2.45, 2.75) is 44.8 Å². The molecule has 0 unspecified atom stereocenters. The lowest BCUT2D eigenvalue weighted by Crippen LogP contribution is -2.45. The minimum absolute atomic E-state index is 0.0871. The molecule has 16 heavy (non-hydrogen) atoms. The van der Waals surface area contributed by atoms with Crippen molar-refractivity contribution in [1.82, 2.24) is 4.57 Å². The molecule has 0 spiro atoms. The van der Waals surface area contributed by atoms with Gasteiger partial charge >= 0.3 is 0 Å². The van der Waals surface area contributed by atoms with Crippen molar-refractivity contribution in [2.75, 3.05) is 7.11 Å². The number of ether oxygens (including phenoxy) is 1. The van der Waals surface area contributed by atoms with Gasteiger partial charge in [-0.05, 0) is 31.7 Å². The van der Waals surface area contributed by atoms with Gasteiger partial charge in [0.05, 0.1) is 12.1 Å². The molecule has 1 heterocycles. The van der Waals surface area contributed by atoms with Crippen LogP contribution in [0.2, 0.25) is 0 Å². The first kappa shape index (κ1) is 11.4. The van der Waals surface area contributed by atoms with Gasteiger partial charge in [0.15, 0.2) is 0 Å². The predicted octanol–water partition coefficient (Wildman–Crippen LogP) is 1.98. The van der Waals surface area contributed by atoms with Gasteiger partial charge in [0.25, 0.3) is 5.56 Å². The highest BCUT2D eigenvalue weighted by molar-refractivity contribution is 5.10. The number of pyridine rings is 1. The van der Waals surface area contributed by atoms with Gasteiger partial charge in [0, 0.05) is 18.9 Å². The number of aromatic nitrogens is 1. The number of hydrogen-bond donors (Lipinski definition) is 0. The number of rotatable bonds is 4. The minimum Gasteiger partial charge on any atom is -0.376 e. The van der Waals surface area contributed by atoms with Crippen molar-refractivity contribution in [3.63, 3.8) is 0 Å². The summed E-state index contributed by atoms with van der Waals surface area (Å²) in [5.74, 6) is 0. The Balaban J connectivity index is 2.24. The Hall–Kier alpha value is -1.09. The van der Waals surface area contributed by atoms with E-state index in [0.29, 0.717) is 6.54 Å². The van der Waals surface area contributed by atoms with E-state index in [4.69, 9.17) is 4.74 Å². The van der Waals surface area contributed by atoms with Crippen LogP contribution in [0.5, 0.6) is 0 Å². The van der Waals surface area contributed by atoms with Gasteiger partial charge in [-0.3, -0.25) is 4.79 Å². The summed E-state index contributed by atoms with van der Waals surface area (Å²) >= 11 is 0. The topological polar surface area (TPSA) is 31.2 Å². The van der Waals surface area contributed by atoms with E-state index in [-0.39, 0.29) is 11.2 Å². The normalized spacial score (nSPS) is 18.1. The fraction of sp³-hybridized carbons (Fsp3) is 0.615. The fourth-order valence-corrected chi connectivity index (χ4v) is 2.29. The summed E-state index contributed by atoms with van der Waals surface area (Å²) < 4.78 is 7.34. The summed E-state index contributed by atoms with van der Waals surface area (Å²) in [5.41, 5.74) is 0.928. The molecular weight excluding hydrogens is 202 g/mol. The molecule has 0 bridgehead atoms. The molecular formula is C13H19NO2. The Morgan fingerprint density at radius 2 is 2.25 bits per heavy atom. The molecule has 2 rings (SSSR count). The van der Waals surface area contributed by atoms with Gasteiger partial charge in [-0.25, -0.2) is 0 Å². The minimum atomic E-state index is -0.0871. The second kappa shape index (κ2) is 4.42.